The molecule has 102 valence electrons. The first-order chi connectivity index (χ1) is 8.91. The summed E-state index contributed by atoms with van der Waals surface area (Å²) in [6.45, 7) is 1.71. The molecule has 1 atom stereocenters. The second-order valence-electron chi connectivity index (χ2n) is 3.94. The number of benzene rings is 1. The van der Waals surface area contributed by atoms with Crippen molar-refractivity contribution in [1.82, 2.24) is 0 Å². The molecule has 0 aliphatic heterocycles. The third kappa shape index (κ3) is 4.63. The van der Waals surface area contributed by atoms with Gasteiger partial charge in [0.25, 0.3) is 0 Å². The molecule has 1 aromatic carbocycles. The van der Waals surface area contributed by atoms with Gasteiger partial charge in [-0.3, -0.25) is 4.79 Å². The standard InChI is InChI=1S/C13H14ClNO4/c1-8(13(15)18)7-19-12-9(5-6-11(16)17)3-2-4-10(12)14/h2-6,8H,7H2,1H3,(H2,15,18)(H,16,17)/b6-5+. The summed E-state index contributed by atoms with van der Waals surface area (Å²) in [6.07, 6.45) is 2.36. The molecule has 1 aromatic rings. The maximum Gasteiger partial charge on any atom is 0.328 e. The molecule has 1 amide bonds. The minimum atomic E-state index is -1.07. The smallest absolute Gasteiger partial charge is 0.328 e. The molecular weight excluding hydrogens is 270 g/mol. The first-order valence-electron chi connectivity index (χ1n) is 5.53. The Hall–Kier alpha value is -2.01. The number of halogens is 1. The zero-order valence-electron chi connectivity index (χ0n) is 10.3. The van der Waals surface area contributed by atoms with E-state index < -0.39 is 17.8 Å². The number of para-hydroxylation sites is 1. The zero-order chi connectivity index (χ0) is 14.4. The molecule has 3 N–H and O–H groups in total. The second-order valence-corrected chi connectivity index (χ2v) is 4.35. The number of carbonyl (C=O) groups excluding carboxylic acids is 1. The van der Waals surface area contributed by atoms with Gasteiger partial charge in [-0.25, -0.2) is 4.79 Å². The van der Waals surface area contributed by atoms with Crippen LogP contribution in [0.15, 0.2) is 24.3 Å². The van der Waals surface area contributed by atoms with E-state index in [2.05, 4.69) is 0 Å². The Morgan fingerprint density at radius 2 is 2.21 bits per heavy atom. The van der Waals surface area contributed by atoms with Crippen molar-refractivity contribution in [2.75, 3.05) is 6.61 Å². The third-order valence-corrected chi connectivity index (χ3v) is 2.66. The van der Waals surface area contributed by atoms with Crippen LogP contribution in [0.3, 0.4) is 0 Å². The molecule has 0 heterocycles. The monoisotopic (exact) mass is 283 g/mol. The highest BCUT2D eigenvalue weighted by atomic mass is 35.5. The van der Waals surface area contributed by atoms with Crippen LogP contribution in [0.2, 0.25) is 5.02 Å². The maximum absolute atomic E-state index is 10.9. The van der Waals surface area contributed by atoms with Crippen LogP contribution < -0.4 is 10.5 Å². The fraction of sp³-hybridized carbons (Fsp3) is 0.231. The molecule has 6 heteroatoms. The van der Waals surface area contributed by atoms with E-state index in [-0.39, 0.29) is 6.61 Å². The Labute approximate surface area is 115 Å². The van der Waals surface area contributed by atoms with E-state index in [4.69, 9.17) is 27.2 Å². The lowest BCUT2D eigenvalue weighted by atomic mass is 10.1. The summed E-state index contributed by atoms with van der Waals surface area (Å²) in [7, 11) is 0. The molecule has 0 bridgehead atoms. The van der Waals surface area contributed by atoms with E-state index in [1.54, 1.807) is 25.1 Å². The average Bonchev–Trinajstić information content (AvgIpc) is 2.34. The normalized spacial score (nSPS) is 12.3. The number of rotatable bonds is 6. The van der Waals surface area contributed by atoms with E-state index in [1.165, 1.54) is 6.08 Å². The predicted molar refractivity (Wildman–Crippen MR) is 72.0 cm³/mol. The fourth-order valence-corrected chi connectivity index (χ4v) is 1.50. The molecule has 0 aliphatic rings. The molecule has 0 aliphatic carbocycles. The number of carboxylic acid groups (broad SMARTS) is 1. The van der Waals surface area contributed by atoms with Crippen molar-refractivity contribution in [3.63, 3.8) is 0 Å². The van der Waals surface area contributed by atoms with Gasteiger partial charge in [-0.1, -0.05) is 30.7 Å². The van der Waals surface area contributed by atoms with Crippen molar-refractivity contribution in [3.8, 4) is 5.75 Å². The molecule has 0 radical (unpaired) electrons. The van der Waals surface area contributed by atoms with E-state index in [1.807, 2.05) is 0 Å². The lowest BCUT2D eigenvalue weighted by Gasteiger charge is -2.13. The topological polar surface area (TPSA) is 89.6 Å². The van der Waals surface area contributed by atoms with Gasteiger partial charge in [0.1, 0.15) is 5.75 Å². The summed E-state index contributed by atoms with van der Waals surface area (Å²) in [5, 5.41) is 8.94. The van der Waals surface area contributed by atoms with Crippen LogP contribution in [-0.4, -0.2) is 23.6 Å². The Morgan fingerprint density at radius 1 is 1.53 bits per heavy atom. The van der Waals surface area contributed by atoms with Gasteiger partial charge in [0, 0.05) is 11.6 Å². The molecule has 19 heavy (non-hydrogen) atoms. The number of primary amides is 1. The van der Waals surface area contributed by atoms with Gasteiger partial charge in [0.15, 0.2) is 0 Å². The van der Waals surface area contributed by atoms with E-state index in [9.17, 15) is 9.59 Å². The van der Waals surface area contributed by atoms with Crippen LogP contribution in [0, 0.1) is 5.92 Å². The van der Waals surface area contributed by atoms with Crippen LogP contribution in [0.1, 0.15) is 12.5 Å². The summed E-state index contributed by atoms with van der Waals surface area (Å²) >= 11 is 5.99. The van der Waals surface area contributed by atoms with Gasteiger partial charge in [-0.2, -0.15) is 0 Å². The number of amides is 1. The van der Waals surface area contributed by atoms with Gasteiger partial charge in [-0.05, 0) is 12.1 Å². The number of hydrogen-bond donors (Lipinski definition) is 2. The van der Waals surface area contributed by atoms with Crippen molar-refractivity contribution >= 4 is 29.6 Å². The summed E-state index contributed by atoms with van der Waals surface area (Å²) < 4.78 is 5.45. The number of hydrogen-bond acceptors (Lipinski definition) is 3. The fourth-order valence-electron chi connectivity index (χ4n) is 1.26. The Balaban J connectivity index is 2.92. The first kappa shape index (κ1) is 15.0. The summed E-state index contributed by atoms with van der Waals surface area (Å²) in [5.41, 5.74) is 5.65. The lowest BCUT2D eigenvalue weighted by Crippen LogP contribution is -2.25. The van der Waals surface area contributed by atoms with Crippen molar-refractivity contribution in [2.24, 2.45) is 11.7 Å². The van der Waals surface area contributed by atoms with Crippen molar-refractivity contribution in [2.45, 2.75) is 6.92 Å². The lowest BCUT2D eigenvalue weighted by molar-refractivity contribution is -0.131. The summed E-state index contributed by atoms with van der Waals surface area (Å²) in [5.74, 6) is -1.69. The van der Waals surface area contributed by atoms with Crippen molar-refractivity contribution < 1.29 is 19.4 Å². The Kier molecular flexibility index (Phi) is 5.38. The third-order valence-electron chi connectivity index (χ3n) is 2.37. The second kappa shape index (κ2) is 6.80. The number of nitrogens with two attached hydrogens (primary N) is 1. The number of aliphatic carboxylic acids is 1. The van der Waals surface area contributed by atoms with Crippen LogP contribution in [0.4, 0.5) is 0 Å². The molecule has 5 nitrogen and oxygen atoms in total. The molecule has 0 saturated carbocycles. The molecule has 1 unspecified atom stereocenters. The highest BCUT2D eigenvalue weighted by Gasteiger charge is 2.12. The maximum atomic E-state index is 10.9. The highest BCUT2D eigenvalue weighted by molar-refractivity contribution is 6.32. The SMILES string of the molecule is CC(COc1c(Cl)cccc1/C=C/C(=O)O)C(N)=O. The minimum Gasteiger partial charge on any atom is -0.491 e. The van der Waals surface area contributed by atoms with E-state index >= 15 is 0 Å². The first-order valence-corrected chi connectivity index (χ1v) is 5.91. The largest absolute Gasteiger partial charge is 0.491 e. The highest BCUT2D eigenvalue weighted by Crippen LogP contribution is 2.30. The van der Waals surface area contributed by atoms with E-state index in [0.29, 0.717) is 16.3 Å². The van der Waals surface area contributed by atoms with Crippen molar-refractivity contribution in [3.05, 3.63) is 34.9 Å². The van der Waals surface area contributed by atoms with Gasteiger partial charge in [0.05, 0.1) is 17.5 Å². The van der Waals surface area contributed by atoms with Gasteiger partial charge in [0.2, 0.25) is 5.91 Å². The molecule has 0 spiro atoms. The molecule has 0 saturated heterocycles. The number of carboxylic acids is 1. The van der Waals surface area contributed by atoms with Gasteiger partial charge >= 0.3 is 5.97 Å². The molecular formula is C13H14ClNO4. The zero-order valence-corrected chi connectivity index (χ0v) is 11.1. The minimum absolute atomic E-state index is 0.0764. The van der Waals surface area contributed by atoms with Crippen LogP contribution in [0.5, 0.6) is 5.75 Å². The molecule has 0 aromatic heterocycles. The quantitative estimate of drug-likeness (QED) is 0.781. The predicted octanol–water partition coefficient (Wildman–Crippen LogP) is 1.94. The van der Waals surface area contributed by atoms with Gasteiger partial charge in [-0.15, -0.1) is 0 Å². The molecule has 1 rings (SSSR count). The van der Waals surface area contributed by atoms with Crippen LogP contribution >= 0.6 is 11.6 Å². The number of carbonyl (C=O) groups is 2. The summed E-state index contributed by atoms with van der Waals surface area (Å²) in [4.78, 5) is 21.4. The van der Waals surface area contributed by atoms with E-state index in [0.717, 1.165) is 6.08 Å². The van der Waals surface area contributed by atoms with Crippen LogP contribution in [0.25, 0.3) is 6.08 Å². The average molecular weight is 284 g/mol. The Morgan fingerprint density at radius 3 is 2.79 bits per heavy atom. The summed E-state index contributed by atoms with van der Waals surface area (Å²) in [6, 6.07) is 4.95. The van der Waals surface area contributed by atoms with Crippen LogP contribution in [-0.2, 0) is 9.59 Å². The van der Waals surface area contributed by atoms with Crippen molar-refractivity contribution in [1.29, 1.82) is 0 Å². The van der Waals surface area contributed by atoms with Gasteiger partial charge < -0.3 is 15.6 Å². The Bertz CT molecular complexity index is 513. The number of ether oxygens (including phenoxy) is 1. The molecule has 0 fully saturated rings.